The van der Waals surface area contributed by atoms with Crippen LogP contribution in [0.25, 0.3) is 17.0 Å². The Hall–Kier alpha value is -3.66. The molecule has 0 saturated carbocycles. The third kappa shape index (κ3) is 3.55. The SMILES string of the molecule is O=c1[nH]cc(F)cc1[C@H]1CCCN1c1ccc2ncc(-c3cc(CCO)cnn3)n2n1. The Balaban J connectivity index is 1.55. The van der Waals surface area contributed by atoms with Crippen molar-refractivity contribution in [3.05, 3.63) is 70.2 Å². The Morgan fingerprint density at radius 3 is 3.03 bits per heavy atom. The summed E-state index contributed by atoms with van der Waals surface area (Å²) in [5.41, 5.74) is 2.88. The summed E-state index contributed by atoms with van der Waals surface area (Å²) < 4.78 is 15.5. The van der Waals surface area contributed by atoms with Crippen LogP contribution in [0.3, 0.4) is 0 Å². The highest BCUT2D eigenvalue weighted by molar-refractivity contribution is 5.60. The molecule has 158 valence electrons. The van der Waals surface area contributed by atoms with Gasteiger partial charge in [-0.15, -0.1) is 10.2 Å². The number of fused-ring (bicyclic) bond motifs is 1. The number of aliphatic hydroxyl groups excluding tert-OH is 1. The topological polar surface area (TPSA) is 112 Å². The number of hydrogen-bond donors (Lipinski definition) is 2. The van der Waals surface area contributed by atoms with Gasteiger partial charge in [0.1, 0.15) is 23.0 Å². The number of aromatic nitrogens is 6. The zero-order valence-electron chi connectivity index (χ0n) is 16.6. The molecule has 2 N–H and O–H groups in total. The van der Waals surface area contributed by atoms with Crippen molar-refractivity contribution in [1.82, 2.24) is 29.8 Å². The van der Waals surface area contributed by atoms with Gasteiger partial charge in [0, 0.05) is 24.9 Å². The van der Waals surface area contributed by atoms with Gasteiger partial charge < -0.3 is 15.0 Å². The summed E-state index contributed by atoms with van der Waals surface area (Å²) in [4.78, 5) is 21.2. The molecule has 0 amide bonds. The largest absolute Gasteiger partial charge is 0.396 e. The molecule has 0 spiro atoms. The van der Waals surface area contributed by atoms with Gasteiger partial charge in [-0.3, -0.25) is 4.79 Å². The normalized spacial score (nSPS) is 16.3. The zero-order valence-corrected chi connectivity index (χ0v) is 16.6. The second kappa shape index (κ2) is 7.88. The molecule has 9 nitrogen and oxygen atoms in total. The molecule has 0 aromatic carbocycles. The first-order chi connectivity index (χ1) is 15.1. The van der Waals surface area contributed by atoms with Crippen LogP contribution in [0.4, 0.5) is 10.2 Å². The molecule has 0 bridgehead atoms. The van der Waals surface area contributed by atoms with Gasteiger partial charge in [0.2, 0.25) is 0 Å². The molecule has 10 heteroatoms. The van der Waals surface area contributed by atoms with E-state index in [9.17, 15) is 14.3 Å². The third-order valence-electron chi connectivity index (χ3n) is 5.53. The summed E-state index contributed by atoms with van der Waals surface area (Å²) in [6, 6.07) is 6.59. The zero-order chi connectivity index (χ0) is 21.4. The maximum Gasteiger partial charge on any atom is 0.253 e. The Bertz CT molecular complexity index is 1300. The Labute approximate surface area is 176 Å². The molecule has 0 unspecified atom stereocenters. The van der Waals surface area contributed by atoms with Crippen molar-refractivity contribution >= 4 is 11.5 Å². The first kappa shape index (κ1) is 19.3. The summed E-state index contributed by atoms with van der Waals surface area (Å²) in [6.45, 7) is 0.727. The Morgan fingerprint density at radius 1 is 1.26 bits per heavy atom. The summed E-state index contributed by atoms with van der Waals surface area (Å²) in [7, 11) is 0. The lowest BCUT2D eigenvalue weighted by Gasteiger charge is -2.25. The molecule has 1 atom stereocenters. The first-order valence-corrected chi connectivity index (χ1v) is 10.1. The van der Waals surface area contributed by atoms with E-state index in [4.69, 9.17) is 5.10 Å². The van der Waals surface area contributed by atoms with Gasteiger partial charge in [0.15, 0.2) is 5.65 Å². The molecule has 4 aromatic rings. The number of pyridine rings is 1. The fraction of sp³-hybridized carbons (Fsp3) is 0.286. The summed E-state index contributed by atoms with van der Waals surface area (Å²) >= 11 is 0. The van der Waals surface area contributed by atoms with Crippen molar-refractivity contribution in [2.75, 3.05) is 18.1 Å². The van der Waals surface area contributed by atoms with E-state index < -0.39 is 5.82 Å². The average molecular weight is 421 g/mol. The molecule has 5 heterocycles. The van der Waals surface area contributed by atoms with Crippen LogP contribution >= 0.6 is 0 Å². The Morgan fingerprint density at radius 2 is 2.16 bits per heavy atom. The van der Waals surface area contributed by atoms with Gasteiger partial charge in [0.25, 0.3) is 5.56 Å². The summed E-state index contributed by atoms with van der Waals surface area (Å²) in [6.07, 6.45) is 6.45. The van der Waals surface area contributed by atoms with E-state index in [0.717, 1.165) is 24.6 Å². The fourth-order valence-electron chi connectivity index (χ4n) is 4.07. The van der Waals surface area contributed by atoms with Gasteiger partial charge in [-0.2, -0.15) is 5.10 Å². The Kier molecular flexibility index (Phi) is 4.91. The van der Waals surface area contributed by atoms with Crippen molar-refractivity contribution < 1.29 is 9.50 Å². The third-order valence-corrected chi connectivity index (χ3v) is 5.53. The highest BCUT2D eigenvalue weighted by atomic mass is 19.1. The lowest BCUT2D eigenvalue weighted by atomic mass is 10.1. The number of rotatable bonds is 5. The van der Waals surface area contributed by atoms with E-state index in [-0.39, 0.29) is 18.2 Å². The van der Waals surface area contributed by atoms with Gasteiger partial charge in [-0.05, 0) is 49.1 Å². The van der Waals surface area contributed by atoms with Gasteiger partial charge >= 0.3 is 0 Å². The minimum atomic E-state index is -0.469. The number of aromatic amines is 1. The maximum atomic E-state index is 13.8. The summed E-state index contributed by atoms with van der Waals surface area (Å²) in [5.74, 6) is 0.195. The second-order valence-corrected chi connectivity index (χ2v) is 7.48. The number of H-pyrrole nitrogens is 1. The number of aliphatic hydroxyl groups is 1. The molecular weight excluding hydrogens is 401 g/mol. The molecule has 1 aliphatic heterocycles. The number of hydrogen-bond acceptors (Lipinski definition) is 7. The van der Waals surface area contributed by atoms with E-state index in [2.05, 4.69) is 20.2 Å². The minimum Gasteiger partial charge on any atom is -0.396 e. The average Bonchev–Trinajstić information content (AvgIpc) is 3.42. The van der Waals surface area contributed by atoms with Crippen LogP contribution in [0.2, 0.25) is 0 Å². The van der Waals surface area contributed by atoms with Crippen LogP contribution < -0.4 is 10.5 Å². The number of nitrogens with one attached hydrogen (secondary N) is 1. The van der Waals surface area contributed by atoms with Gasteiger partial charge in [0.05, 0.1) is 18.4 Å². The van der Waals surface area contributed by atoms with Crippen LogP contribution in [0.5, 0.6) is 0 Å². The van der Waals surface area contributed by atoms with Crippen LogP contribution in [-0.4, -0.2) is 48.0 Å². The molecule has 31 heavy (non-hydrogen) atoms. The van der Waals surface area contributed by atoms with Crippen molar-refractivity contribution in [1.29, 1.82) is 0 Å². The lowest BCUT2D eigenvalue weighted by molar-refractivity contribution is 0.299. The van der Waals surface area contributed by atoms with E-state index in [1.807, 2.05) is 23.1 Å². The van der Waals surface area contributed by atoms with E-state index in [0.29, 0.717) is 41.4 Å². The van der Waals surface area contributed by atoms with E-state index in [1.165, 1.54) is 6.07 Å². The lowest BCUT2D eigenvalue weighted by Crippen LogP contribution is -2.29. The van der Waals surface area contributed by atoms with Gasteiger partial charge in [-0.25, -0.2) is 13.9 Å². The van der Waals surface area contributed by atoms with Gasteiger partial charge in [-0.1, -0.05) is 0 Å². The fourth-order valence-corrected chi connectivity index (χ4v) is 4.07. The van der Waals surface area contributed by atoms with E-state index >= 15 is 0 Å². The number of halogens is 1. The predicted octanol–water partition coefficient (Wildman–Crippen LogP) is 1.89. The van der Waals surface area contributed by atoms with Crippen LogP contribution in [0.1, 0.15) is 30.0 Å². The molecule has 1 saturated heterocycles. The molecule has 0 aliphatic carbocycles. The molecular formula is C21H20FN7O2. The van der Waals surface area contributed by atoms with Crippen LogP contribution in [0, 0.1) is 5.82 Å². The maximum absolute atomic E-state index is 13.8. The second-order valence-electron chi connectivity index (χ2n) is 7.48. The number of imidazole rings is 1. The molecule has 5 rings (SSSR count). The van der Waals surface area contributed by atoms with Crippen molar-refractivity contribution in [2.24, 2.45) is 0 Å². The van der Waals surface area contributed by atoms with E-state index in [1.54, 1.807) is 16.9 Å². The molecule has 1 aliphatic rings. The quantitative estimate of drug-likeness (QED) is 0.506. The highest BCUT2D eigenvalue weighted by Gasteiger charge is 2.30. The number of anilines is 1. The number of nitrogens with zero attached hydrogens (tertiary/aromatic N) is 6. The molecule has 4 aromatic heterocycles. The molecule has 0 radical (unpaired) electrons. The smallest absolute Gasteiger partial charge is 0.253 e. The predicted molar refractivity (Wildman–Crippen MR) is 111 cm³/mol. The van der Waals surface area contributed by atoms with Crippen molar-refractivity contribution in [3.8, 4) is 11.4 Å². The standard InChI is InChI=1S/C21H20FN7O2/c22-14-9-15(21(31)24-11-14)17-2-1-6-28(17)20-4-3-19-23-12-18(29(19)27-20)16-8-13(5-7-30)10-25-26-16/h3-4,8-12,17,30H,1-2,5-7H2,(H,24,31)/t17-/m1/s1. The van der Waals surface area contributed by atoms with Crippen LogP contribution in [-0.2, 0) is 6.42 Å². The monoisotopic (exact) mass is 421 g/mol. The minimum absolute atomic E-state index is 0.0241. The summed E-state index contributed by atoms with van der Waals surface area (Å²) in [5, 5.41) is 22.2. The molecule has 1 fully saturated rings. The van der Waals surface area contributed by atoms with Crippen molar-refractivity contribution in [2.45, 2.75) is 25.3 Å². The first-order valence-electron chi connectivity index (χ1n) is 10.1. The van der Waals surface area contributed by atoms with Crippen molar-refractivity contribution in [3.63, 3.8) is 0 Å². The van der Waals surface area contributed by atoms with Crippen LogP contribution in [0.15, 0.2) is 47.7 Å². The highest BCUT2D eigenvalue weighted by Crippen LogP contribution is 2.34.